The molecule has 0 aromatic heterocycles. The van der Waals surface area contributed by atoms with Gasteiger partial charge in [-0.3, -0.25) is 20.0 Å². The highest BCUT2D eigenvalue weighted by atomic mass is 32.2. The van der Waals surface area contributed by atoms with E-state index in [2.05, 4.69) is 34.6 Å². The fourth-order valence-corrected chi connectivity index (χ4v) is 5.76. The molecule has 10 heteroatoms. The summed E-state index contributed by atoms with van der Waals surface area (Å²) in [6, 6.07) is 10.5. The van der Waals surface area contributed by atoms with E-state index in [9.17, 15) is 13.2 Å². The first-order chi connectivity index (χ1) is 15.8. The smallest absolute Gasteiger partial charge is 0.281 e. The summed E-state index contributed by atoms with van der Waals surface area (Å²) in [6.07, 6.45) is 5.07. The molecule has 0 aliphatic carbocycles. The molecule has 0 atom stereocenters. The molecule has 2 fully saturated rings. The number of hydroxylamine groups is 1. The van der Waals surface area contributed by atoms with Crippen molar-refractivity contribution in [2.24, 2.45) is 0 Å². The molecule has 4 rings (SSSR count). The zero-order chi connectivity index (χ0) is 23.5. The number of nitrogens with zero attached hydrogens (tertiary/aromatic N) is 4. The minimum Gasteiger partial charge on any atom is -0.335 e. The summed E-state index contributed by atoms with van der Waals surface area (Å²) in [6.45, 7) is 4.91. The summed E-state index contributed by atoms with van der Waals surface area (Å²) in [7, 11) is -0.361. The summed E-state index contributed by atoms with van der Waals surface area (Å²) in [5, 5.41) is 0. The van der Waals surface area contributed by atoms with Crippen LogP contribution in [0, 0.1) is 0 Å². The van der Waals surface area contributed by atoms with Gasteiger partial charge in [0.1, 0.15) is 11.3 Å². The quantitative estimate of drug-likeness (QED) is 0.626. The molecule has 9 nitrogen and oxygen atoms in total. The zero-order valence-electron chi connectivity index (χ0n) is 19.6. The lowest BCUT2D eigenvalue weighted by molar-refractivity contribution is -0.131. The van der Waals surface area contributed by atoms with Crippen molar-refractivity contribution in [3.8, 4) is 0 Å². The molecule has 1 amide bonds. The van der Waals surface area contributed by atoms with Crippen molar-refractivity contribution in [1.82, 2.24) is 23.9 Å². The Hall–Kier alpha value is -1.98. The lowest BCUT2D eigenvalue weighted by atomic mass is 9.92. The van der Waals surface area contributed by atoms with Gasteiger partial charge in [0.15, 0.2) is 0 Å². The molecular weight excluding hydrogens is 442 g/mol. The molecule has 0 unspecified atom stereocenters. The Labute approximate surface area is 197 Å². The maximum absolute atomic E-state index is 13.0. The van der Waals surface area contributed by atoms with E-state index in [1.54, 1.807) is 0 Å². The van der Waals surface area contributed by atoms with Gasteiger partial charge in [0.2, 0.25) is 0 Å². The molecular formula is C23H35N5O4S. The standard InChI is InChI=1S/C23H35N5O4S/c1-25(2)33(30,31)28-13-10-23(11-14-28)19-21(24-32-23)22(29)27-17-15-26(16-18-27)12-6-9-20-7-4-3-5-8-20/h3-5,7-8,19,24H,6,9-18H2,1-2H3. The Morgan fingerprint density at radius 1 is 1.06 bits per heavy atom. The Kier molecular flexibility index (Phi) is 7.40. The van der Waals surface area contributed by atoms with Crippen molar-refractivity contribution in [1.29, 1.82) is 0 Å². The predicted molar refractivity (Wildman–Crippen MR) is 126 cm³/mol. The third-order valence-electron chi connectivity index (χ3n) is 6.80. The molecule has 3 heterocycles. The minimum absolute atomic E-state index is 0.0425. The van der Waals surface area contributed by atoms with Gasteiger partial charge >= 0.3 is 0 Å². The fourth-order valence-electron chi connectivity index (χ4n) is 4.65. The molecule has 3 aliphatic heterocycles. The van der Waals surface area contributed by atoms with E-state index in [1.165, 1.54) is 28.3 Å². The Balaban J connectivity index is 1.24. The van der Waals surface area contributed by atoms with Gasteiger partial charge in [0, 0.05) is 53.4 Å². The number of piperazine rings is 1. The summed E-state index contributed by atoms with van der Waals surface area (Å²) in [5.41, 5.74) is 4.04. The Morgan fingerprint density at radius 2 is 1.73 bits per heavy atom. The van der Waals surface area contributed by atoms with Crippen molar-refractivity contribution < 1.29 is 18.0 Å². The largest absolute Gasteiger partial charge is 0.335 e. The van der Waals surface area contributed by atoms with E-state index in [0.29, 0.717) is 44.7 Å². The van der Waals surface area contributed by atoms with Gasteiger partial charge in [-0.1, -0.05) is 30.3 Å². The van der Waals surface area contributed by atoms with Crippen LogP contribution in [0.3, 0.4) is 0 Å². The molecule has 1 spiro atoms. The van der Waals surface area contributed by atoms with Crippen molar-refractivity contribution in [3.63, 3.8) is 0 Å². The Morgan fingerprint density at radius 3 is 2.36 bits per heavy atom. The monoisotopic (exact) mass is 477 g/mol. The third-order valence-corrected chi connectivity index (χ3v) is 8.74. The zero-order valence-corrected chi connectivity index (χ0v) is 20.4. The molecule has 0 radical (unpaired) electrons. The summed E-state index contributed by atoms with van der Waals surface area (Å²) in [4.78, 5) is 23.1. The molecule has 33 heavy (non-hydrogen) atoms. The molecule has 2 saturated heterocycles. The molecule has 1 N–H and O–H groups in total. The second kappa shape index (κ2) is 10.1. The van der Waals surface area contributed by atoms with Crippen molar-refractivity contribution in [3.05, 3.63) is 47.7 Å². The number of carbonyl (C=O) groups is 1. The van der Waals surface area contributed by atoms with E-state index in [4.69, 9.17) is 4.84 Å². The van der Waals surface area contributed by atoms with Crippen LogP contribution in [0.25, 0.3) is 0 Å². The first-order valence-electron chi connectivity index (χ1n) is 11.7. The van der Waals surface area contributed by atoms with E-state index in [0.717, 1.165) is 32.5 Å². The minimum atomic E-state index is -3.43. The number of hydrogen-bond donors (Lipinski definition) is 1. The highest BCUT2D eigenvalue weighted by Crippen LogP contribution is 2.33. The van der Waals surface area contributed by atoms with E-state index >= 15 is 0 Å². The van der Waals surface area contributed by atoms with Crippen LogP contribution >= 0.6 is 0 Å². The van der Waals surface area contributed by atoms with Crippen molar-refractivity contribution in [2.45, 2.75) is 31.3 Å². The maximum atomic E-state index is 13.0. The number of piperidine rings is 1. The topological polar surface area (TPSA) is 85.4 Å². The van der Waals surface area contributed by atoms with Crippen LogP contribution in [-0.2, 0) is 26.3 Å². The second-order valence-corrected chi connectivity index (χ2v) is 11.4. The number of amides is 1. The lowest BCUT2D eigenvalue weighted by Gasteiger charge is -2.36. The van der Waals surface area contributed by atoms with Gasteiger partial charge in [-0.15, -0.1) is 0 Å². The van der Waals surface area contributed by atoms with Crippen LogP contribution in [0.1, 0.15) is 24.8 Å². The third kappa shape index (κ3) is 5.58. The molecule has 182 valence electrons. The predicted octanol–water partition coefficient (Wildman–Crippen LogP) is 0.823. The first-order valence-corrected chi connectivity index (χ1v) is 13.1. The number of hydrogen-bond acceptors (Lipinski definition) is 6. The number of nitrogens with one attached hydrogen (secondary N) is 1. The van der Waals surface area contributed by atoms with Gasteiger partial charge in [-0.05, 0) is 43.9 Å². The highest BCUT2D eigenvalue weighted by Gasteiger charge is 2.43. The fraction of sp³-hybridized carbons (Fsp3) is 0.609. The summed E-state index contributed by atoms with van der Waals surface area (Å²) >= 11 is 0. The van der Waals surface area contributed by atoms with Gasteiger partial charge in [0.25, 0.3) is 16.1 Å². The number of rotatable bonds is 7. The second-order valence-electron chi connectivity index (χ2n) is 9.24. The number of benzene rings is 1. The van der Waals surface area contributed by atoms with E-state index < -0.39 is 15.8 Å². The van der Waals surface area contributed by atoms with Gasteiger partial charge in [-0.25, -0.2) is 0 Å². The number of carbonyl (C=O) groups excluding carboxylic acids is 1. The molecule has 0 saturated carbocycles. The average Bonchev–Trinajstić information content (AvgIpc) is 3.23. The molecule has 1 aromatic carbocycles. The van der Waals surface area contributed by atoms with Crippen LogP contribution < -0.4 is 5.48 Å². The first kappa shape index (κ1) is 24.2. The van der Waals surface area contributed by atoms with Crippen LogP contribution in [-0.4, -0.2) is 98.2 Å². The summed E-state index contributed by atoms with van der Waals surface area (Å²) in [5.74, 6) is -0.0425. The summed E-state index contributed by atoms with van der Waals surface area (Å²) < 4.78 is 27.4. The van der Waals surface area contributed by atoms with Gasteiger partial charge in [0.05, 0.1) is 0 Å². The molecule has 3 aliphatic rings. The normalized spacial score (nSPS) is 21.9. The maximum Gasteiger partial charge on any atom is 0.281 e. The van der Waals surface area contributed by atoms with Gasteiger partial charge in [-0.2, -0.15) is 17.0 Å². The van der Waals surface area contributed by atoms with Crippen LogP contribution in [0.15, 0.2) is 42.1 Å². The highest BCUT2D eigenvalue weighted by molar-refractivity contribution is 7.86. The van der Waals surface area contributed by atoms with Crippen molar-refractivity contribution in [2.75, 3.05) is 59.9 Å². The van der Waals surface area contributed by atoms with Crippen LogP contribution in [0.5, 0.6) is 0 Å². The Bertz CT molecular complexity index is 950. The van der Waals surface area contributed by atoms with E-state index in [-0.39, 0.29) is 5.91 Å². The lowest BCUT2D eigenvalue weighted by Crippen LogP contribution is -2.50. The molecule has 0 bridgehead atoms. The SMILES string of the molecule is CN(C)S(=O)(=O)N1CCC2(C=C(C(=O)N3CCN(CCCc4ccccc4)CC3)NO2)CC1. The van der Waals surface area contributed by atoms with Crippen LogP contribution in [0.4, 0.5) is 0 Å². The van der Waals surface area contributed by atoms with Crippen LogP contribution in [0.2, 0.25) is 0 Å². The average molecular weight is 478 g/mol. The van der Waals surface area contributed by atoms with Crippen molar-refractivity contribution >= 4 is 16.1 Å². The van der Waals surface area contributed by atoms with E-state index in [1.807, 2.05) is 17.0 Å². The molecule has 1 aromatic rings. The number of aryl methyl sites for hydroxylation is 1. The van der Waals surface area contributed by atoms with Gasteiger partial charge < -0.3 is 4.90 Å².